The molecular formula is C12H21NO4. The van der Waals surface area contributed by atoms with E-state index in [0.717, 1.165) is 12.8 Å². The van der Waals surface area contributed by atoms with Crippen LogP contribution in [0.5, 0.6) is 0 Å². The zero-order chi connectivity index (χ0) is 12.7. The van der Waals surface area contributed by atoms with E-state index in [1.807, 2.05) is 0 Å². The second kappa shape index (κ2) is 7.14. The van der Waals surface area contributed by atoms with E-state index in [-0.39, 0.29) is 18.0 Å². The monoisotopic (exact) mass is 243 g/mol. The van der Waals surface area contributed by atoms with Crippen molar-refractivity contribution >= 4 is 12.1 Å². The van der Waals surface area contributed by atoms with Crippen molar-refractivity contribution < 1.29 is 19.1 Å². The molecule has 0 saturated carbocycles. The van der Waals surface area contributed by atoms with Gasteiger partial charge in [0.1, 0.15) is 0 Å². The summed E-state index contributed by atoms with van der Waals surface area (Å²) in [5, 5.41) is 0. The molecule has 1 aliphatic heterocycles. The van der Waals surface area contributed by atoms with Crippen molar-refractivity contribution in [2.24, 2.45) is 5.92 Å². The number of hydrogen-bond donors (Lipinski definition) is 0. The quantitative estimate of drug-likeness (QED) is 0.558. The number of likely N-dealkylation sites (tertiary alicyclic amines) is 1. The minimum absolute atomic E-state index is 0.0697. The molecule has 1 fully saturated rings. The highest BCUT2D eigenvalue weighted by Gasteiger charge is 2.28. The van der Waals surface area contributed by atoms with E-state index < -0.39 is 0 Å². The number of esters is 1. The van der Waals surface area contributed by atoms with Gasteiger partial charge in [-0.25, -0.2) is 4.79 Å². The largest absolute Gasteiger partial charge is 0.469 e. The van der Waals surface area contributed by atoms with Crippen LogP contribution in [0.1, 0.15) is 32.6 Å². The SMILES string of the molecule is CCCCOC(=O)N1CCC(C(=O)OC)CC1. The van der Waals surface area contributed by atoms with Crippen molar-refractivity contribution in [3.63, 3.8) is 0 Å². The van der Waals surface area contributed by atoms with E-state index in [0.29, 0.717) is 32.5 Å². The van der Waals surface area contributed by atoms with Crippen molar-refractivity contribution in [1.82, 2.24) is 4.90 Å². The fourth-order valence-electron chi connectivity index (χ4n) is 1.86. The topological polar surface area (TPSA) is 55.8 Å². The fraction of sp³-hybridized carbons (Fsp3) is 0.833. The third-order valence-electron chi connectivity index (χ3n) is 3.01. The summed E-state index contributed by atoms with van der Waals surface area (Å²) in [6, 6.07) is 0. The number of amides is 1. The van der Waals surface area contributed by atoms with Crippen LogP contribution in [0.2, 0.25) is 0 Å². The zero-order valence-corrected chi connectivity index (χ0v) is 10.6. The number of nitrogens with zero attached hydrogens (tertiary/aromatic N) is 1. The minimum Gasteiger partial charge on any atom is -0.469 e. The van der Waals surface area contributed by atoms with Crippen LogP contribution in [0.4, 0.5) is 4.79 Å². The molecule has 1 rings (SSSR count). The van der Waals surface area contributed by atoms with E-state index in [2.05, 4.69) is 6.92 Å². The maximum atomic E-state index is 11.6. The Morgan fingerprint density at radius 2 is 1.94 bits per heavy atom. The molecule has 17 heavy (non-hydrogen) atoms. The van der Waals surface area contributed by atoms with Crippen molar-refractivity contribution in [3.05, 3.63) is 0 Å². The lowest BCUT2D eigenvalue weighted by atomic mass is 9.97. The van der Waals surface area contributed by atoms with Gasteiger partial charge in [-0.2, -0.15) is 0 Å². The molecule has 1 aliphatic rings. The standard InChI is InChI=1S/C12H21NO4/c1-3-4-9-17-12(15)13-7-5-10(6-8-13)11(14)16-2/h10H,3-9H2,1-2H3. The van der Waals surface area contributed by atoms with Gasteiger partial charge in [0, 0.05) is 13.1 Å². The first kappa shape index (κ1) is 13.8. The molecule has 0 N–H and O–H groups in total. The van der Waals surface area contributed by atoms with Gasteiger partial charge in [0.25, 0.3) is 0 Å². The summed E-state index contributed by atoms with van der Waals surface area (Å²) in [5.41, 5.74) is 0. The Morgan fingerprint density at radius 1 is 1.29 bits per heavy atom. The number of methoxy groups -OCH3 is 1. The minimum atomic E-state index is -0.262. The van der Waals surface area contributed by atoms with Crippen LogP contribution in [0.3, 0.4) is 0 Å². The van der Waals surface area contributed by atoms with Gasteiger partial charge in [-0.1, -0.05) is 13.3 Å². The summed E-state index contributed by atoms with van der Waals surface area (Å²) in [6.07, 6.45) is 2.97. The second-order valence-corrected chi connectivity index (χ2v) is 4.25. The molecule has 1 saturated heterocycles. The first-order valence-corrected chi connectivity index (χ1v) is 6.18. The van der Waals surface area contributed by atoms with Gasteiger partial charge < -0.3 is 14.4 Å². The summed E-state index contributed by atoms with van der Waals surface area (Å²) >= 11 is 0. The van der Waals surface area contributed by atoms with E-state index in [1.54, 1.807) is 4.90 Å². The lowest BCUT2D eigenvalue weighted by Crippen LogP contribution is -2.40. The molecule has 0 aliphatic carbocycles. The van der Waals surface area contributed by atoms with Crippen LogP contribution in [-0.4, -0.2) is 43.8 Å². The van der Waals surface area contributed by atoms with E-state index in [1.165, 1.54) is 7.11 Å². The van der Waals surface area contributed by atoms with Crippen LogP contribution in [-0.2, 0) is 14.3 Å². The molecular weight excluding hydrogens is 222 g/mol. The van der Waals surface area contributed by atoms with Crippen molar-refractivity contribution in [2.75, 3.05) is 26.8 Å². The van der Waals surface area contributed by atoms with E-state index in [4.69, 9.17) is 9.47 Å². The molecule has 5 nitrogen and oxygen atoms in total. The molecule has 0 bridgehead atoms. The maximum Gasteiger partial charge on any atom is 0.409 e. The van der Waals surface area contributed by atoms with Gasteiger partial charge in [-0.3, -0.25) is 4.79 Å². The van der Waals surface area contributed by atoms with Gasteiger partial charge in [0.15, 0.2) is 0 Å². The number of piperidine rings is 1. The molecule has 1 heterocycles. The lowest BCUT2D eigenvalue weighted by Gasteiger charge is -2.29. The molecule has 1 amide bonds. The summed E-state index contributed by atoms with van der Waals surface area (Å²) in [7, 11) is 1.40. The highest BCUT2D eigenvalue weighted by molar-refractivity contribution is 5.73. The Morgan fingerprint density at radius 3 is 2.47 bits per heavy atom. The zero-order valence-electron chi connectivity index (χ0n) is 10.6. The number of ether oxygens (including phenoxy) is 2. The normalized spacial score (nSPS) is 16.7. The fourth-order valence-corrected chi connectivity index (χ4v) is 1.86. The molecule has 0 aromatic carbocycles. The van der Waals surface area contributed by atoms with Gasteiger partial charge in [-0.15, -0.1) is 0 Å². The smallest absolute Gasteiger partial charge is 0.409 e. The molecule has 0 aromatic heterocycles. The number of carbonyl (C=O) groups excluding carboxylic acids is 2. The summed E-state index contributed by atoms with van der Waals surface area (Å²) < 4.78 is 9.81. The van der Waals surface area contributed by atoms with E-state index in [9.17, 15) is 9.59 Å². The van der Waals surface area contributed by atoms with Gasteiger partial charge >= 0.3 is 12.1 Å². The molecule has 0 spiro atoms. The van der Waals surface area contributed by atoms with Crippen molar-refractivity contribution in [3.8, 4) is 0 Å². The molecule has 0 aromatic rings. The lowest BCUT2D eigenvalue weighted by molar-refractivity contribution is -0.146. The Labute approximate surface area is 102 Å². The Bertz CT molecular complexity index is 259. The van der Waals surface area contributed by atoms with Crippen LogP contribution in [0.15, 0.2) is 0 Å². The van der Waals surface area contributed by atoms with Crippen molar-refractivity contribution in [2.45, 2.75) is 32.6 Å². The van der Waals surface area contributed by atoms with Crippen molar-refractivity contribution in [1.29, 1.82) is 0 Å². The van der Waals surface area contributed by atoms with Crippen LogP contribution < -0.4 is 0 Å². The maximum absolute atomic E-state index is 11.6. The highest BCUT2D eigenvalue weighted by atomic mass is 16.6. The summed E-state index contributed by atoms with van der Waals surface area (Å²) in [4.78, 5) is 24.6. The first-order chi connectivity index (χ1) is 8.19. The summed E-state index contributed by atoms with van der Waals surface area (Å²) in [6.45, 7) is 3.68. The molecule has 0 atom stereocenters. The first-order valence-electron chi connectivity index (χ1n) is 6.18. The molecule has 5 heteroatoms. The average Bonchev–Trinajstić information content (AvgIpc) is 2.38. The average molecular weight is 243 g/mol. The van der Waals surface area contributed by atoms with Gasteiger partial charge in [0.05, 0.1) is 19.6 Å². The number of rotatable bonds is 4. The Hall–Kier alpha value is -1.26. The van der Waals surface area contributed by atoms with E-state index >= 15 is 0 Å². The predicted molar refractivity (Wildman–Crippen MR) is 62.6 cm³/mol. The number of unbranched alkanes of at least 4 members (excludes halogenated alkanes) is 1. The molecule has 0 unspecified atom stereocenters. The third kappa shape index (κ3) is 4.24. The third-order valence-corrected chi connectivity index (χ3v) is 3.01. The Balaban J connectivity index is 2.26. The summed E-state index contributed by atoms with van der Waals surface area (Å²) in [5.74, 6) is -0.247. The number of carbonyl (C=O) groups is 2. The number of hydrogen-bond acceptors (Lipinski definition) is 4. The predicted octanol–water partition coefficient (Wildman–Crippen LogP) is 1.81. The second-order valence-electron chi connectivity index (χ2n) is 4.25. The molecule has 0 radical (unpaired) electrons. The van der Waals surface area contributed by atoms with Crippen LogP contribution in [0, 0.1) is 5.92 Å². The van der Waals surface area contributed by atoms with Gasteiger partial charge in [-0.05, 0) is 19.3 Å². The highest BCUT2D eigenvalue weighted by Crippen LogP contribution is 2.18. The van der Waals surface area contributed by atoms with Gasteiger partial charge in [0.2, 0.25) is 0 Å². The van der Waals surface area contributed by atoms with Crippen LogP contribution in [0.25, 0.3) is 0 Å². The van der Waals surface area contributed by atoms with Crippen LogP contribution >= 0.6 is 0 Å². The Kier molecular flexibility index (Phi) is 5.80. The molecule has 98 valence electrons.